The van der Waals surface area contributed by atoms with E-state index in [2.05, 4.69) is 28.4 Å². The van der Waals surface area contributed by atoms with Gasteiger partial charge in [-0.05, 0) is 37.0 Å². The van der Waals surface area contributed by atoms with Crippen molar-refractivity contribution in [3.05, 3.63) is 34.9 Å². The summed E-state index contributed by atoms with van der Waals surface area (Å²) in [5.41, 5.74) is 3.10. The van der Waals surface area contributed by atoms with Crippen molar-refractivity contribution in [2.24, 2.45) is 0 Å². The van der Waals surface area contributed by atoms with E-state index in [1.807, 2.05) is 18.7 Å². The Hall–Kier alpha value is -1.04. The Bertz CT molecular complexity index is 538. The Morgan fingerprint density at radius 1 is 1.30 bits per heavy atom. The summed E-state index contributed by atoms with van der Waals surface area (Å²) in [5, 5.41) is 3.17. The zero-order valence-corrected chi connectivity index (χ0v) is 14.7. The van der Waals surface area contributed by atoms with Gasteiger partial charge in [-0.1, -0.05) is 12.1 Å². The molecule has 1 N–H and O–H groups in total. The molecule has 23 heavy (non-hydrogen) atoms. The van der Waals surface area contributed by atoms with Crippen LogP contribution in [0.3, 0.4) is 0 Å². The number of hydrogen-bond donors (Lipinski definition) is 1. The molecule has 0 radical (unpaired) electrons. The van der Waals surface area contributed by atoms with Gasteiger partial charge in [0.25, 0.3) is 5.91 Å². The van der Waals surface area contributed by atoms with E-state index in [-0.39, 0.29) is 11.9 Å². The van der Waals surface area contributed by atoms with Gasteiger partial charge in [0.2, 0.25) is 0 Å². The summed E-state index contributed by atoms with van der Waals surface area (Å²) >= 11 is 2.02. The standard InChI is InChI=1S/C18H26N2O2S/c1-14-2-3-15(13-20-6-10-23-11-7-20)12-17(14)18(21)19-16-4-8-22-9-5-16/h2-3,12,16H,4-11,13H2,1H3,(H,19,21). The van der Waals surface area contributed by atoms with E-state index in [9.17, 15) is 4.79 Å². The van der Waals surface area contributed by atoms with E-state index in [4.69, 9.17) is 4.74 Å². The fourth-order valence-corrected chi connectivity index (χ4v) is 4.11. The number of amides is 1. The van der Waals surface area contributed by atoms with Crippen LogP contribution in [0.5, 0.6) is 0 Å². The SMILES string of the molecule is Cc1ccc(CN2CCSCC2)cc1C(=O)NC1CCOCC1. The molecule has 0 saturated carbocycles. The van der Waals surface area contributed by atoms with Gasteiger partial charge < -0.3 is 10.1 Å². The Balaban J connectivity index is 1.65. The van der Waals surface area contributed by atoms with Gasteiger partial charge in [-0.2, -0.15) is 11.8 Å². The summed E-state index contributed by atoms with van der Waals surface area (Å²) in [7, 11) is 0. The predicted molar refractivity (Wildman–Crippen MR) is 95.1 cm³/mol. The van der Waals surface area contributed by atoms with Gasteiger partial charge in [0.1, 0.15) is 0 Å². The number of aryl methyl sites for hydroxylation is 1. The van der Waals surface area contributed by atoms with Gasteiger partial charge in [-0.3, -0.25) is 9.69 Å². The molecule has 1 amide bonds. The second-order valence-corrected chi connectivity index (χ2v) is 7.62. The van der Waals surface area contributed by atoms with Crippen LogP contribution < -0.4 is 5.32 Å². The van der Waals surface area contributed by atoms with Crippen molar-refractivity contribution < 1.29 is 9.53 Å². The molecule has 0 unspecified atom stereocenters. The first-order valence-corrected chi connectivity index (χ1v) is 9.66. The molecular weight excluding hydrogens is 308 g/mol. The average Bonchev–Trinajstić information content (AvgIpc) is 2.58. The predicted octanol–water partition coefficient (Wildman–Crippen LogP) is 2.45. The van der Waals surface area contributed by atoms with E-state index in [0.29, 0.717) is 0 Å². The first-order chi connectivity index (χ1) is 11.2. The number of rotatable bonds is 4. The lowest BCUT2D eigenvalue weighted by molar-refractivity contribution is 0.0696. The molecule has 1 aromatic carbocycles. The number of benzene rings is 1. The maximum absolute atomic E-state index is 12.6. The van der Waals surface area contributed by atoms with Gasteiger partial charge >= 0.3 is 0 Å². The summed E-state index contributed by atoms with van der Waals surface area (Å²) in [5.74, 6) is 2.48. The Labute approximate surface area is 143 Å². The molecule has 0 atom stereocenters. The highest BCUT2D eigenvalue weighted by Gasteiger charge is 2.19. The van der Waals surface area contributed by atoms with Crippen molar-refractivity contribution in [2.45, 2.75) is 32.4 Å². The van der Waals surface area contributed by atoms with E-state index in [0.717, 1.165) is 56.8 Å². The minimum absolute atomic E-state index is 0.0606. The topological polar surface area (TPSA) is 41.6 Å². The number of nitrogens with zero attached hydrogens (tertiary/aromatic N) is 1. The highest BCUT2D eigenvalue weighted by molar-refractivity contribution is 7.99. The fraction of sp³-hybridized carbons (Fsp3) is 0.611. The number of carbonyl (C=O) groups is 1. The maximum atomic E-state index is 12.6. The molecule has 2 aliphatic rings. The second kappa shape index (κ2) is 8.18. The second-order valence-electron chi connectivity index (χ2n) is 6.40. The highest BCUT2D eigenvalue weighted by atomic mass is 32.2. The molecule has 126 valence electrons. The summed E-state index contributed by atoms with van der Waals surface area (Å²) in [6, 6.07) is 6.56. The lowest BCUT2D eigenvalue weighted by atomic mass is 10.0. The first kappa shape index (κ1) is 16.8. The van der Waals surface area contributed by atoms with Crippen LogP contribution in [-0.4, -0.2) is 54.7 Å². The third-order valence-electron chi connectivity index (χ3n) is 4.61. The summed E-state index contributed by atoms with van der Waals surface area (Å²) < 4.78 is 5.36. The van der Waals surface area contributed by atoms with E-state index in [1.54, 1.807) is 0 Å². The zero-order valence-electron chi connectivity index (χ0n) is 13.8. The molecule has 5 heteroatoms. The van der Waals surface area contributed by atoms with Crippen molar-refractivity contribution in [3.63, 3.8) is 0 Å². The van der Waals surface area contributed by atoms with Crippen LogP contribution >= 0.6 is 11.8 Å². The molecule has 0 spiro atoms. The summed E-state index contributed by atoms with van der Waals surface area (Å²) in [4.78, 5) is 15.1. The monoisotopic (exact) mass is 334 g/mol. The summed E-state index contributed by atoms with van der Waals surface area (Å²) in [6.07, 6.45) is 1.83. The Morgan fingerprint density at radius 3 is 2.78 bits per heavy atom. The molecule has 0 bridgehead atoms. The smallest absolute Gasteiger partial charge is 0.251 e. The maximum Gasteiger partial charge on any atom is 0.251 e. The number of nitrogens with one attached hydrogen (secondary N) is 1. The third kappa shape index (κ3) is 4.72. The van der Waals surface area contributed by atoms with Crippen molar-refractivity contribution in [2.75, 3.05) is 37.8 Å². The van der Waals surface area contributed by atoms with Gasteiger partial charge in [0, 0.05) is 56.0 Å². The molecular formula is C18H26N2O2S. The average molecular weight is 334 g/mol. The van der Waals surface area contributed by atoms with Crippen LogP contribution in [0.4, 0.5) is 0 Å². The number of thioether (sulfide) groups is 1. The molecule has 2 saturated heterocycles. The van der Waals surface area contributed by atoms with Crippen LogP contribution in [0, 0.1) is 6.92 Å². The van der Waals surface area contributed by atoms with Gasteiger partial charge in [-0.25, -0.2) is 0 Å². The largest absolute Gasteiger partial charge is 0.381 e. The molecule has 4 nitrogen and oxygen atoms in total. The van der Waals surface area contributed by atoms with Crippen LogP contribution in [0.25, 0.3) is 0 Å². The molecule has 2 fully saturated rings. The lowest BCUT2D eigenvalue weighted by Crippen LogP contribution is -2.39. The van der Waals surface area contributed by atoms with Gasteiger partial charge in [-0.15, -0.1) is 0 Å². The minimum Gasteiger partial charge on any atom is -0.381 e. The molecule has 0 aliphatic carbocycles. The summed E-state index contributed by atoms with van der Waals surface area (Å²) in [6.45, 7) is 6.73. The van der Waals surface area contributed by atoms with E-state index in [1.165, 1.54) is 17.1 Å². The minimum atomic E-state index is 0.0606. The van der Waals surface area contributed by atoms with E-state index < -0.39 is 0 Å². The molecule has 1 aromatic rings. The molecule has 3 rings (SSSR count). The van der Waals surface area contributed by atoms with Crippen molar-refractivity contribution in [1.29, 1.82) is 0 Å². The lowest BCUT2D eigenvalue weighted by Gasteiger charge is -2.26. The molecule has 2 heterocycles. The van der Waals surface area contributed by atoms with Gasteiger partial charge in [0.15, 0.2) is 0 Å². The molecule has 0 aromatic heterocycles. The number of hydrogen-bond acceptors (Lipinski definition) is 4. The fourth-order valence-electron chi connectivity index (χ4n) is 3.13. The Morgan fingerprint density at radius 2 is 2.04 bits per heavy atom. The zero-order chi connectivity index (χ0) is 16.1. The van der Waals surface area contributed by atoms with Crippen molar-refractivity contribution in [1.82, 2.24) is 10.2 Å². The van der Waals surface area contributed by atoms with E-state index >= 15 is 0 Å². The first-order valence-electron chi connectivity index (χ1n) is 8.50. The highest BCUT2D eigenvalue weighted by Crippen LogP contribution is 2.17. The van der Waals surface area contributed by atoms with Crippen LogP contribution in [0.15, 0.2) is 18.2 Å². The number of carbonyl (C=O) groups excluding carboxylic acids is 1. The van der Waals surface area contributed by atoms with Crippen molar-refractivity contribution in [3.8, 4) is 0 Å². The van der Waals surface area contributed by atoms with Gasteiger partial charge in [0.05, 0.1) is 0 Å². The Kier molecular flexibility index (Phi) is 5.97. The van der Waals surface area contributed by atoms with Crippen molar-refractivity contribution >= 4 is 17.7 Å². The number of ether oxygens (including phenoxy) is 1. The quantitative estimate of drug-likeness (QED) is 0.918. The normalized spacial score (nSPS) is 20.4. The van der Waals surface area contributed by atoms with Crippen LogP contribution in [-0.2, 0) is 11.3 Å². The van der Waals surface area contributed by atoms with Crippen LogP contribution in [0.2, 0.25) is 0 Å². The molecule has 2 aliphatic heterocycles. The third-order valence-corrected chi connectivity index (χ3v) is 5.56. The van der Waals surface area contributed by atoms with Crippen LogP contribution in [0.1, 0.15) is 34.3 Å².